The summed E-state index contributed by atoms with van der Waals surface area (Å²) in [6.07, 6.45) is 4.42. The van der Waals surface area contributed by atoms with Gasteiger partial charge < -0.3 is 9.30 Å². The first-order valence-electron chi connectivity index (χ1n) is 6.28. The quantitative estimate of drug-likeness (QED) is 0.692. The van der Waals surface area contributed by atoms with E-state index in [1.54, 1.807) is 0 Å². The molecule has 0 fully saturated rings. The maximum absolute atomic E-state index is 14.1. The van der Waals surface area contributed by atoms with E-state index in [2.05, 4.69) is 19.7 Å². The number of rotatable bonds is 3. The number of carbonyl (C=O) groups excluding carboxylic acids is 1. The van der Waals surface area contributed by atoms with Crippen molar-refractivity contribution in [3.63, 3.8) is 0 Å². The molecule has 22 heavy (non-hydrogen) atoms. The van der Waals surface area contributed by atoms with Gasteiger partial charge in [-0.15, -0.1) is 0 Å². The minimum Gasteiger partial charge on any atom is -0.465 e. The Labute approximate surface area is 123 Å². The number of fused-ring (bicyclic) bond motifs is 1. The number of imidazole rings is 1. The third kappa shape index (κ3) is 2.39. The van der Waals surface area contributed by atoms with Crippen LogP contribution in [0.2, 0.25) is 0 Å². The number of esters is 1. The Hall–Kier alpha value is -2.90. The zero-order chi connectivity index (χ0) is 15.7. The van der Waals surface area contributed by atoms with E-state index in [9.17, 15) is 13.6 Å². The zero-order valence-electron chi connectivity index (χ0n) is 11.5. The Morgan fingerprint density at radius 3 is 2.73 bits per heavy atom. The van der Waals surface area contributed by atoms with Gasteiger partial charge in [0.25, 0.3) is 0 Å². The SMILES string of the molecule is COC(=O)c1cc(F)c(Cn2cnc3nccnc32)cc1F. The molecule has 0 aliphatic carbocycles. The molecular formula is C14H10F2N4O2. The number of halogens is 2. The van der Waals surface area contributed by atoms with Crippen LogP contribution in [0.5, 0.6) is 0 Å². The number of ether oxygens (including phenoxy) is 1. The molecule has 0 aliphatic rings. The second kappa shape index (κ2) is 5.47. The van der Waals surface area contributed by atoms with Crippen molar-refractivity contribution in [2.24, 2.45) is 0 Å². The van der Waals surface area contributed by atoms with Crippen molar-refractivity contribution in [3.05, 3.63) is 53.6 Å². The van der Waals surface area contributed by atoms with Crippen LogP contribution in [-0.2, 0) is 11.3 Å². The van der Waals surface area contributed by atoms with Gasteiger partial charge in [-0.25, -0.2) is 28.5 Å². The normalized spacial score (nSPS) is 10.9. The molecule has 0 N–H and O–H groups in total. The molecule has 3 rings (SSSR count). The summed E-state index contributed by atoms with van der Waals surface area (Å²) in [6, 6.07) is 1.78. The van der Waals surface area contributed by atoms with Gasteiger partial charge in [-0.2, -0.15) is 0 Å². The van der Waals surface area contributed by atoms with Crippen LogP contribution in [0.4, 0.5) is 8.78 Å². The summed E-state index contributed by atoms with van der Waals surface area (Å²) in [5, 5.41) is 0. The Morgan fingerprint density at radius 1 is 1.18 bits per heavy atom. The standard InChI is InChI=1S/C14H10F2N4O2/c1-22-14(21)9-5-10(15)8(4-11(9)16)6-20-7-19-12-13(20)18-3-2-17-12/h2-5,7H,6H2,1H3. The first kappa shape index (κ1) is 14.1. The number of methoxy groups -OCH3 is 1. The fourth-order valence-corrected chi connectivity index (χ4v) is 2.07. The highest BCUT2D eigenvalue weighted by molar-refractivity contribution is 5.89. The average molecular weight is 304 g/mol. The molecule has 0 spiro atoms. The Bertz CT molecular complexity index is 863. The molecule has 6 nitrogen and oxygen atoms in total. The Balaban J connectivity index is 1.99. The van der Waals surface area contributed by atoms with Gasteiger partial charge in [0.05, 0.1) is 25.5 Å². The number of hydrogen-bond donors (Lipinski definition) is 0. The van der Waals surface area contributed by atoms with Gasteiger partial charge in [0.15, 0.2) is 11.3 Å². The average Bonchev–Trinajstić information content (AvgIpc) is 2.93. The summed E-state index contributed by atoms with van der Waals surface area (Å²) in [7, 11) is 1.10. The van der Waals surface area contributed by atoms with E-state index in [4.69, 9.17) is 0 Å². The highest BCUT2D eigenvalue weighted by Gasteiger charge is 2.17. The van der Waals surface area contributed by atoms with Crippen molar-refractivity contribution in [2.75, 3.05) is 7.11 Å². The Morgan fingerprint density at radius 2 is 1.95 bits per heavy atom. The van der Waals surface area contributed by atoms with Crippen LogP contribution in [0.15, 0.2) is 30.9 Å². The maximum atomic E-state index is 14.1. The molecule has 3 aromatic rings. The number of nitrogens with zero attached hydrogens (tertiary/aromatic N) is 4. The summed E-state index contributed by atoms with van der Waals surface area (Å²) in [4.78, 5) is 23.5. The molecule has 0 saturated carbocycles. The first-order chi connectivity index (χ1) is 10.6. The van der Waals surface area contributed by atoms with Gasteiger partial charge in [-0.3, -0.25) is 0 Å². The first-order valence-corrected chi connectivity index (χ1v) is 6.28. The van der Waals surface area contributed by atoms with Gasteiger partial charge in [0.1, 0.15) is 11.6 Å². The monoisotopic (exact) mass is 304 g/mol. The van der Waals surface area contributed by atoms with E-state index in [-0.39, 0.29) is 12.1 Å². The highest BCUT2D eigenvalue weighted by atomic mass is 19.1. The van der Waals surface area contributed by atoms with Crippen LogP contribution in [0.3, 0.4) is 0 Å². The van der Waals surface area contributed by atoms with E-state index in [1.165, 1.54) is 23.3 Å². The smallest absolute Gasteiger partial charge is 0.340 e. The third-order valence-corrected chi connectivity index (χ3v) is 3.13. The second-order valence-electron chi connectivity index (χ2n) is 4.49. The minimum absolute atomic E-state index is 0.0133. The van der Waals surface area contributed by atoms with Gasteiger partial charge in [-0.1, -0.05) is 0 Å². The van der Waals surface area contributed by atoms with Crippen LogP contribution in [0, 0.1) is 11.6 Å². The summed E-state index contributed by atoms with van der Waals surface area (Å²) in [5.74, 6) is -2.49. The lowest BCUT2D eigenvalue weighted by Crippen LogP contribution is -2.09. The highest BCUT2D eigenvalue weighted by Crippen LogP contribution is 2.18. The molecule has 0 radical (unpaired) electrons. The number of aromatic nitrogens is 4. The Kier molecular flexibility index (Phi) is 3.50. The molecule has 0 amide bonds. The van der Waals surface area contributed by atoms with E-state index < -0.39 is 23.2 Å². The number of benzene rings is 1. The molecule has 0 bridgehead atoms. The molecule has 8 heteroatoms. The third-order valence-electron chi connectivity index (χ3n) is 3.13. The van der Waals surface area contributed by atoms with Gasteiger partial charge in [0, 0.05) is 18.0 Å². The summed E-state index contributed by atoms with van der Waals surface area (Å²) in [5.41, 5.74) is 0.489. The van der Waals surface area contributed by atoms with Crippen LogP contribution >= 0.6 is 0 Å². The fraction of sp³-hybridized carbons (Fsp3) is 0.143. The lowest BCUT2D eigenvalue weighted by atomic mass is 10.1. The number of carbonyl (C=O) groups is 1. The molecular weight excluding hydrogens is 294 g/mol. The van der Waals surface area contributed by atoms with Crippen molar-refractivity contribution < 1.29 is 18.3 Å². The van der Waals surface area contributed by atoms with E-state index in [0.717, 1.165) is 19.2 Å². The van der Waals surface area contributed by atoms with Gasteiger partial charge in [-0.05, 0) is 12.1 Å². The van der Waals surface area contributed by atoms with Crippen LogP contribution in [-0.4, -0.2) is 32.6 Å². The lowest BCUT2D eigenvalue weighted by Gasteiger charge is -2.08. The molecule has 2 aromatic heterocycles. The van der Waals surface area contributed by atoms with E-state index in [1.807, 2.05) is 0 Å². The van der Waals surface area contributed by atoms with Crippen LogP contribution in [0.1, 0.15) is 15.9 Å². The van der Waals surface area contributed by atoms with Crippen molar-refractivity contribution in [1.82, 2.24) is 19.5 Å². The molecule has 0 aliphatic heterocycles. The lowest BCUT2D eigenvalue weighted by molar-refractivity contribution is 0.0595. The molecule has 1 aromatic carbocycles. The van der Waals surface area contributed by atoms with Crippen molar-refractivity contribution in [3.8, 4) is 0 Å². The molecule has 0 unspecified atom stereocenters. The van der Waals surface area contributed by atoms with Gasteiger partial charge >= 0.3 is 5.97 Å². The predicted octanol–water partition coefficient (Wildman–Crippen LogP) is 1.94. The molecule has 0 atom stereocenters. The van der Waals surface area contributed by atoms with Crippen LogP contribution < -0.4 is 0 Å². The van der Waals surface area contributed by atoms with Gasteiger partial charge in [0.2, 0.25) is 0 Å². The summed E-state index contributed by atoms with van der Waals surface area (Å²) < 4.78 is 33.9. The van der Waals surface area contributed by atoms with Crippen molar-refractivity contribution >= 4 is 17.3 Å². The second-order valence-corrected chi connectivity index (χ2v) is 4.49. The molecule has 0 saturated heterocycles. The minimum atomic E-state index is -0.929. The summed E-state index contributed by atoms with van der Waals surface area (Å²) in [6.45, 7) is 0.0133. The van der Waals surface area contributed by atoms with Crippen molar-refractivity contribution in [2.45, 2.75) is 6.54 Å². The predicted molar refractivity (Wildman–Crippen MR) is 72.1 cm³/mol. The fourth-order valence-electron chi connectivity index (χ4n) is 2.07. The zero-order valence-corrected chi connectivity index (χ0v) is 11.5. The summed E-state index contributed by atoms with van der Waals surface area (Å²) >= 11 is 0. The molecule has 112 valence electrons. The topological polar surface area (TPSA) is 69.9 Å². The largest absolute Gasteiger partial charge is 0.465 e. The van der Waals surface area contributed by atoms with Crippen molar-refractivity contribution in [1.29, 1.82) is 0 Å². The van der Waals surface area contributed by atoms with Crippen LogP contribution in [0.25, 0.3) is 11.3 Å². The maximum Gasteiger partial charge on any atom is 0.340 e. The molecule has 2 heterocycles. The van der Waals surface area contributed by atoms with E-state index in [0.29, 0.717) is 11.3 Å². The van der Waals surface area contributed by atoms with E-state index >= 15 is 0 Å². The number of hydrogen-bond acceptors (Lipinski definition) is 5.